The van der Waals surface area contributed by atoms with Crippen LogP contribution in [0.2, 0.25) is 0 Å². The van der Waals surface area contributed by atoms with Crippen LogP contribution in [0.15, 0.2) is 21.9 Å². The molecule has 1 fully saturated rings. The van der Waals surface area contributed by atoms with Gasteiger partial charge in [-0.1, -0.05) is 0 Å². The van der Waals surface area contributed by atoms with Gasteiger partial charge in [-0.25, -0.2) is 4.79 Å². The lowest BCUT2D eigenvalue weighted by molar-refractivity contribution is -0.0550. The first-order chi connectivity index (χ1) is 8.04. The largest absolute Gasteiger partial charge is 0.394 e. The van der Waals surface area contributed by atoms with Gasteiger partial charge in [-0.15, -0.1) is 0 Å². The van der Waals surface area contributed by atoms with Crippen molar-refractivity contribution >= 4 is 0 Å². The average molecular weight is 244 g/mol. The van der Waals surface area contributed by atoms with Crippen LogP contribution in [0.3, 0.4) is 0 Å². The summed E-state index contributed by atoms with van der Waals surface area (Å²) in [5.41, 5.74) is -1.33. The van der Waals surface area contributed by atoms with Gasteiger partial charge < -0.3 is 20.1 Å². The molecule has 1 aliphatic heterocycles. The normalized spacial score (nSPS) is 32.9. The molecule has 0 amide bonds. The van der Waals surface area contributed by atoms with Gasteiger partial charge in [0.05, 0.1) is 6.61 Å². The van der Waals surface area contributed by atoms with Crippen molar-refractivity contribution in [1.82, 2.24) is 9.55 Å². The Hall–Kier alpha value is -1.48. The van der Waals surface area contributed by atoms with Crippen LogP contribution in [-0.4, -0.2) is 49.8 Å². The molecule has 2 rings (SSSR count). The number of H-pyrrole nitrogens is 1. The minimum absolute atomic E-state index is 0.479. The van der Waals surface area contributed by atoms with Crippen molar-refractivity contribution in [3.63, 3.8) is 0 Å². The highest BCUT2D eigenvalue weighted by Crippen LogP contribution is 2.27. The zero-order chi connectivity index (χ0) is 12.6. The second kappa shape index (κ2) is 4.41. The maximum Gasteiger partial charge on any atom is 0.330 e. The Morgan fingerprint density at radius 1 is 1.35 bits per heavy atom. The van der Waals surface area contributed by atoms with Gasteiger partial charge >= 0.3 is 5.69 Å². The fraction of sp³-hybridized carbons (Fsp3) is 0.556. The summed E-state index contributed by atoms with van der Waals surface area (Å²) in [6.07, 6.45) is -3.58. The molecule has 1 aromatic heterocycles. The maximum atomic E-state index is 11.4. The van der Waals surface area contributed by atoms with E-state index in [0.29, 0.717) is 0 Å². The van der Waals surface area contributed by atoms with Gasteiger partial charge in [-0.3, -0.25) is 14.3 Å². The second-order valence-electron chi connectivity index (χ2n) is 3.75. The number of rotatable bonds is 2. The third kappa shape index (κ3) is 2.03. The van der Waals surface area contributed by atoms with Gasteiger partial charge in [0.1, 0.15) is 18.3 Å². The predicted octanol–water partition coefficient (Wildman–Crippen LogP) is -2.85. The Balaban J connectivity index is 2.35. The maximum absolute atomic E-state index is 11.4. The number of nitrogens with one attached hydrogen (secondary N) is 1. The Bertz CT molecular complexity index is 509. The molecule has 94 valence electrons. The molecular formula is C9H12N2O6. The first kappa shape index (κ1) is 12.0. The SMILES string of the molecule is O=c1ccn(C2O[C@@H](CO)C(O)C2O)c(=O)[nH]1. The molecule has 8 heteroatoms. The first-order valence-electron chi connectivity index (χ1n) is 4.98. The van der Waals surface area contributed by atoms with Gasteiger partial charge in [0.2, 0.25) is 0 Å². The number of aromatic nitrogens is 2. The van der Waals surface area contributed by atoms with Gasteiger partial charge in [0.15, 0.2) is 6.23 Å². The first-order valence-corrected chi connectivity index (χ1v) is 4.98. The Labute approximate surface area is 94.7 Å². The predicted molar refractivity (Wildman–Crippen MR) is 54.3 cm³/mol. The summed E-state index contributed by atoms with van der Waals surface area (Å²) in [7, 11) is 0. The number of nitrogens with zero attached hydrogens (tertiary/aromatic N) is 1. The summed E-state index contributed by atoms with van der Waals surface area (Å²) in [6.45, 7) is -0.479. The van der Waals surface area contributed by atoms with E-state index in [1.54, 1.807) is 0 Å². The van der Waals surface area contributed by atoms with Gasteiger partial charge in [0, 0.05) is 12.3 Å². The molecule has 0 bridgehead atoms. The minimum Gasteiger partial charge on any atom is -0.394 e. The fourth-order valence-corrected chi connectivity index (χ4v) is 1.74. The van der Waals surface area contributed by atoms with Gasteiger partial charge in [0.25, 0.3) is 5.56 Å². The van der Waals surface area contributed by atoms with E-state index in [-0.39, 0.29) is 0 Å². The summed E-state index contributed by atoms with van der Waals surface area (Å²) in [5.74, 6) is 0. The molecule has 4 N–H and O–H groups in total. The van der Waals surface area contributed by atoms with E-state index in [1.165, 1.54) is 0 Å². The number of hydrogen-bond acceptors (Lipinski definition) is 6. The second-order valence-corrected chi connectivity index (χ2v) is 3.75. The van der Waals surface area contributed by atoms with Gasteiger partial charge in [-0.05, 0) is 0 Å². The Morgan fingerprint density at radius 3 is 2.59 bits per heavy atom. The topological polar surface area (TPSA) is 125 Å². The van der Waals surface area contributed by atoms with Crippen LogP contribution in [0.25, 0.3) is 0 Å². The average Bonchev–Trinajstić information content (AvgIpc) is 2.57. The van der Waals surface area contributed by atoms with Crippen molar-refractivity contribution < 1.29 is 20.1 Å². The third-order valence-electron chi connectivity index (χ3n) is 2.64. The lowest BCUT2D eigenvalue weighted by atomic mass is 10.1. The van der Waals surface area contributed by atoms with Crippen LogP contribution >= 0.6 is 0 Å². The van der Waals surface area contributed by atoms with Crippen molar-refractivity contribution in [1.29, 1.82) is 0 Å². The van der Waals surface area contributed by atoms with E-state index in [1.807, 2.05) is 4.98 Å². The lowest BCUT2D eigenvalue weighted by Crippen LogP contribution is -2.37. The number of aromatic amines is 1. The summed E-state index contributed by atoms with van der Waals surface area (Å²) in [5, 5.41) is 28.1. The summed E-state index contributed by atoms with van der Waals surface area (Å²) < 4.78 is 6.08. The molecule has 1 aromatic rings. The molecule has 8 nitrogen and oxygen atoms in total. The van der Waals surface area contributed by atoms with Crippen LogP contribution in [0.1, 0.15) is 6.23 Å². The molecule has 0 spiro atoms. The van der Waals surface area contributed by atoms with E-state index in [2.05, 4.69) is 0 Å². The highest BCUT2D eigenvalue weighted by Gasteiger charge is 2.43. The van der Waals surface area contributed by atoms with Crippen LogP contribution in [-0.2, 0) is 4.74 Å². The van der Waals surface area contributed by atoms with E-state index in [0.717, 1.165) is 16.8 Å². The van der Waals surface area contributed by atoms with Crippen molar-refractivity contribution in [2.24, 2.45) is 0 Å². The third-order valence-corrected chi connectivity index (χ3v) is 2.64. The number of hydrogen-bond donors (Lipinski definition) is 4. The molecular weight excluding hydrogens is 232 g/mol. The molecule has 0 aliphatic carbocycles. The summed E-state index contributed by atoms with van der Waals surface area (Å²) in [4.78, 5) is 24.3. The number of aliphatic hydroxyl groups is 3. The molecule has 1 saturated heterocycles. The smallest absolute Gasteiger partial charge is 0.330 e. The standard InChI is InChI=1S/C9H12N2O6/c12-3-4-6(14)7(15)8(17-4)11-2-1-5(13)10-9(11)16/h1-2,4,6-8,12,14-15H,3H2,(H,10,13,16)/t4-,6?,7?,8?/m0/s1. The van der Waals surface area contributed by atoms with Crippen molar-refractivity contribution in [3.05, 3.63) is 33.1 Å². The molecule has 2 heterocycles. The Morgan fingerprint density at radius 2 is 2.06 bits per heavy atom. The summed E-state index contributed by atoms with van der Waals surface area (Å²) >= 11 is 0. The quantitative estimate of drug-likeness (QED) is 0.444. The van der Waals surface area contributed by atoms with E-state index >= 15 is 0 Å². The molecule has 0 radical (unpaired) electrons. The highest BCUT2D eigenvalue weighted by atomic mass is 16.6. The number of aliphatic hydroxyl groups excluding tert-OH is 3. The molecule has 1 aliphatic rings. The molecule has 17 heavy (non-hydrogen) atoms. The molecule has 0 saturated carbocycles. The Kier molecular flexibility index (Phi) is 3.11. The van der Waals surface area contributed by atoms with Crippen molar-refractivity contribution in [2.45, 2.75) is 24.5 Å². The van der Waals surface area contributed by atoms with E-state index < -0.39 is 42.4 Å². The van der Waals surface area contributed by atoms with E-state index in [9.17, 15) is 19.8 Å². The van der Waals surface area contributed by atoms with E-state index in [4.69, 9.17) is 9.84 Å². The molecule has 3 unspecified atom stereocenters. The zero-order valence-electron chi connectivity index (χ0n) is 8.68. The van der Waals surface area contributed by atoms with Crippen LogP contribution < -0.4 is 11.2 Å². The lowest BCUT2D eigenvalue weighted by Gasteiger charge is -2.16. The monoisotopic (exact) mass is 244 g/mol. The minimum atomic E-state index is -1.35. The zero-order valence-corrected chi connectivity index (χ0v) is 8.68. The number of ether oxygens (including phenoxy) is 1. The van der Waals surface area contributed by atoms with Crippen LogP contribution in [0.4, 0.5) is 0 Å². The van der Waals surface area contributed by atoms with Crippen molar-refractivity contribution in [3.8, 4) is 0 Å². The van der Waals surface area contributed by atoms with Gasteiger partial charge in [-0.2, -0.15) is 0 Å². The van der Waals surface area contributed by atoms with Crippen molar-refractivity contribution in [2.75, 3.05) is 6.61 Å². The van der Waals surface area contributed by atoms with Crippen LogP contribution in [0, 0.1) is 0 Å². The molecule has 4 atom stereocenters. The molecule has 0 aromatic carbocycles. The summed E-state index contributed by atoms with van der Waals surface area (Å²) in [6, 6.07) is 1.09. The highest BCUT2D eigenvalue weighted by molar-refractivity contribution is 4.92. The van der Waals surface area contributed by atoms with Crippen LogP contribution in [0.5, 0.6) is 0 Å². The fourth-order valence-electron chi connectivity index (χ4n) is 1.74.